The molecule has 0 bridgehead atoms. The van der Waals surface area contributed by atoms with Gasteiger partial charge in [-0.05, 0) is 67.1 Å². The van der Waals surface area contributed by atoms with Crippen molar-refractivity contribution in [2.75, 3.05) is 19.8 Å². The van der Waals surface area contributed by atoms with Crippen LogP contribution in [0.15, 0.2) is 36.4 Å². The number of hydrogen-bond donors (Lipinski definition) is 2. The van der Waals surface area contributed by atoms with Gasteiger partial charge in [0.05, 0.1) is 17.7 Å². The lowest BCUT2D eigenvalue weighted by molar-refractivity contribution is -0.145. The quantitative estimate of drug-likeness (QED) is 0.637. The molecule has 0 aromatic heterocycles. The molecule has 0 saturated carbocycles. The SMILES string of the molecule is CCOC(=O)COc1ccc2c(c1)CC(NC[C@@H](O)c1ccc(F)c(Cl)c1)CC2. The zero-order valence-corrected chi connectivity index (χ0v) is 17.0. The van der Waals surface area contributed by atoms with E-state index in [2.05, 4.69) is 5.32 Å². The Bertz CT molecular complexity index is 861. The number of rotatable bonds is 8. The highest BCUT2D eigenvalue weighted by Gasteiger charge is 2.20. The monoisotopic (exact) mass is 421 g/mol. The molecule has 156 valence electrons. The van der Waals surface area contributed by atoms with Gasteiger partial charge in [-0.2, -0.15) is 0 Å². The Kier molecular flexibility index (Phi) is 7.47. The second-order valence-corrected chi connectivity index (χ2v) is 7.47. The van der Waals surface area contributed by atoms with E-state index in [0.717, 1.165) is 24.8 Å². The van der Waals surface area contributed by atoms with Crippen LogP contribution in [-0.2, 0) is 22.4 Å². The summed E-state index contributed by atoms with van der Waals surface area (Å²) in [7, 11) is 0. The zero-order valence-electron chi connectivity index (χ0n) is 16.3. The topological polar surface area (TPSA) is 67.8 Å². The predicted octanol–water partition coefficient (Wildman–Crippen LogP) is 3.60. The maximum atomic E-state index is 13.3. The lowest BCUT2D eigenvalue weighted by atomic mass is 9.88. The number of ether oxygens (including phenoxy) is 2. The summed E-state index contributed by atoms with van der Waals surface area (Å²) < 4.78 is 23.7. The van der Waals surface area contributed by atoms with E-state index in [1.54, 1.807) is 6.92 Å². The molecule has 0 spiro atoms. The maximum Gasteiger partial charge on any atom is 0.344 e. The van der Waals surface area contributed by atoms with Crippen LogP contribution in [0.25, 0.3) is 0 Å². The van der Waals surface area contributed by atoms with Crippen LogP contribution in [0.5, 0.6) is 5.75 Å². The van der Waals surface area contributed by atoms with Gasteiger partial charge in [-0.1, -0.05) is 23.7 Å². The Morgan fingerprint density at radius 2 is 2.14 bits per heavy atom. The molecule has 0 fully saturated rings. The first-order valence-electron chi connectivity index (χ1n) is 9.73. The van der Waals surface area contributed by atoms with Gasteiger partial charge in [0.25, 0.3) is 0 Å². The highest BCUT2D eigenvalue weighted by molar-refractivity contribution is 6.30. The molecule has 2 atom stereocenters. The van der Waals surface area contributed by atoms with Crippen molar-refractivity contribution >= 4 is 17.6 Å². The summed E-state index contributed by atoms with van der Waals surface area (Å²) in [5.74, 6) is -0.251. The molecule has 1 unspecified atom stereocenters. The Hall–Kier alpha value is -2.15. The van der Waals surface area contributed by atoms with Gasteiger partial charge in [0.1, 0.15) is 11.6 Å². The highest BCUT2D eigenvalue weighted by Crippen LogP contribution is 2.26. The number of halogens is 2. The molecule has 0 amide bonds. The molecule has 0 heterocycles. The smallest absolute Gasteiger partial charge is 0.344 e. The van der Waals surface area contributed by atoms with Gasteiger partial charge in [-0.3, -0.25) is 0 Å². The van der Waals surface area contributed by atoms with Crippen LogP contribution in [0.1, 0.15) is 36.1 Å². The number of fused-ring (bicyclic) bond motifs is 1. The molecule has 0 radical (unpaired) electrons. The molecule has 3 rings (SSSR count). The van der Waals surface area contributed by atoms with E-state index in [1.165, 1.54) is 23.8 Å². The first-order valence-corrected chi connectivity index (χ1v) is 10.1. The van der Waals surface area contributed by atoms with Gasteiger partial charge in [0.2, 0.25) is 0 Å². The van der Waals surface area contributed by atoms with Gasteiger partial charge in [0, 0.05) is 12.6 Å². The average Bonchev–Trinajstić information content (AvgIpc) is 2.72. The van der Waals surface area contributed by atoms with Crippen molar-refractivity contribution in [1.29, 1.82) is 0 Å². The fourth-order valence-electron chi connectivity index (χ4n) is 3.46. The van der Waals surface area contributed by atoms with Crippen molar-refractivity contribution in [3.8, 4) is 5.75 Å². The number of carbonyl (C=O) groups is 1. The van der Waals surface area contributed by atoms with Crippen molar-refractivity contribution in [3.05, 3.63) is 63.9 Å². The number of aliphatic hydroxyl groups is 1. The van der Waals surface area contributed by atoms with E-state index in [1.807, 2.05) is 18.2 Å². The predicted molar refractivity (Wildman–Crippen MR) is 109 cm³/mol. The van der Waals surface area contributed by atoms with Gasteiger partial charge >= 0.3 is 5.97 Å². The standard InChI is InChI=1S/C22H25ClFNO4/c1-2-28-22(27)13-29-18-7-4-14-3-6-17(9-16(14)10-18)25-12-21(26)15-5-8-20(24)19(23)11-15/h4-5,7-8,10-11,17,21,25-26H,2-3,6,9,12-13H2,1H3/t17?,21-/m1/s1. The molecule has 0 saturated heterocycles. The molecule has 5 nitrogen and oxygen atoms in total. The second-order valence-electron chi connectivity index (χ2n) is 7.06. The lowest BCUT2D eigenvalue weighted by Crippen LogP contribution is -2.37. The molecule has 29 heavy (non-hydrogen) atoms. The van der Waals surface area contributed by atoms with Crippen LogP contribution in [0.4, 0.5) is 4.39 Å². The molecule has 2 aromatic rings. The number of esters is 1. The molecule has 1 aliphatic carbocycles. The number of benzene rings is 2. The second kappa shape index (κ2) is 10.1. The zero-order chi connectivity index (χ0) is 20.8. The molecular weight excluding hydrogens is 397 g/mol. The van der Waals surface area contributed by atoms with Crippen molar-refractivity contribution in [3.63, 3.8) is 0 Å². The first kappa shape index (κ1) is 21.6. The van der Waals surface area contributed by atoms with Crippen LogP contribution in [-0.4, -0.2) is 36.9 Å². The number of hydrogen-bond acceptors (Lipinski definition) is 5. The summed E-state index contributed by atoms with van der Waals surface area (Å²) in [6.45, 7) is 2.32. The van der Waals surface area contributed by atoms with E-state index < -0.39 is 11.9 Å². The van der Waals surface area contributed by atoms with Gasteiger partial charge in [-0.15, -0.1) is 0 Å². The minimum atomic E-state index is -0.770. The molecule has 2 aromatic carbocycles. The van der Waals surface area contributed by atoms with Crippen LogP contribution in [0.3, 0.4) is 0 Å². The summed E-state index contributed by atoms with van der Waals surface area (Å²) in [6.07, 6.45) is 1.90. The maximum absolute atomic E-state index is 13.3. The Labute approximate surface area is 174 Å². The molecule has 1 aliphatic rings. The van der Waals surface area contributed by atoms with Crippen molar-refractivity contribution in [2.24, 2.45) is 0 Å². The number of aryl methyl sites for hydroxylation is 1. The highest BCUT2D eigenvalue weighted by atomic mass is 35.5. The van der Waals surface area contributed by atoms with Crippen LogP contribution in [0, 0.1) is 5.82 Å². The van der Waals surface area contributed by atoms with E-state index in [9.17, 15) is 14.3 Å². The normalized spacial score (nSPS) is 16.8. The van der Waals surface area contributed by atoms with Gasteiger partial charge in [0.15, 0.2) is 6.61 Å². The van der Waals surface area contributed by atoms with Crippen LogP contribution in [0.2, 0.25) is 5.02 Å². The fraction of sp³-hybridized carbons (Fsp3) is 0.409. The summed E-state index contributed by atoms with van der Waals surface area (Å²) in [6, 6.07) is 10.3. The minimum absolute atomic E-state index is 0.00323. The molecule has 7 heteroatoms. The van der Waals surface area contributed by atoms with Gasteiger partial charge in [-0.25, -0.2) is 9.18 Å². The summed E-state index contributed by atoms with van der Waals surface area (Å²) >= 11 is 5.79. The Morgan fingerprint density at radius 3 is 2.90 bits per heavy atom. The molecule has 0 aliphatic heterocycles. The number of nitrogens with one attached hydrogen (secondary N) is 1. The third-order valence-corrected chi connectivity index (χ3v) is 5.29. The Morgan fingerprint density at radius 1 is 1.31 bits per heavy atom. The largest absolute Gasteiger partial charge is 0.482 e. The van der Waals surface area contributed by atoms with Crippen molar-refractivity contribution in [1.82, 2.24) is 5.32 Å². The van der Waals surface area contributed by atoms with Gasteiger partial charge < -0.3 is 19.9 Å². The number of aliphatic hydroxyl groups excluding tert-OH is 1. The van der Waals surface area contributed by atoms with E-state index in [0.29, 0.717) is 24.5 Å². The molecular formula is C22H25ClFNO4. The average molecular weight is 422 g/mol. The first-order chi connectivity index (χ1) is 14.0. The van der Waals surface area contributed by atoms with E-state index >= 15 is 0 Å². The Balaban J connectivity index is 1.54. The summed E-state index contributed by atoms with van der Waals surface area (Å²) in [4.78, 5) is 11.5. The summed E-state index contributed by atoms with van der Waals surface area (Å²) in [5, 5.41) is 13.7. The minimum Gasteiger partial charge on any atom is -0.482 e. The summed E-state index contributed by atoms with van der Waals surface area (Å²) in [5.41, 5.74) is 3.00. The third kappa shape index (κ3) is 5.92. The van der Waals surface area contributed by atoms with Crippen LogP contribution < -0.4 is 10.1 Å². The molecule has 2 N–H and O–H groups in total. The van der Waals surface area contributed by atoms with E-state index in [4.69, 9.17) is 21.1 Å². The number of carbonyl (C=O) groups excluding carboxylic acids is 1. The van der Waals surface area contributed by atoms with Crippen molar-refractivity contribution in [2.45, 2.75) is 38.3 Å². The lowest BCUT2D eigenvalue weighted by Gasteiger charge is -2.27. The fourth-order valence-corrected chi connectivity index (χ4v) is 3.65. The van der Waals surface area contributed by atoms with Crippen molar-refractivity contribution < 1.29 is 23.8 Å². The third-order valence-electron chi connectivity index (χ3n) is 5.00. The van der Waals surface area contributed by atoms with E-state index in [-0.39, 0.29) is 23.6 Å². The van der Waals surface area contributed by atoms with Crippen LogP contribution >= 0.6 is 11.6 Å².